The average molecular weight is 205 g/mol. The predicted molar refractivity (Wildman–Crippen MR) is 59.1 cm³/mol. The molecular formula is C13H7N3. The Morgan fingerprint density at radius 2 is 1.75 bits per heavy atom. The van der Waals surface area contributed by atoms with Crippen molar-refractivity contribution in [3.05, 3.63) is 53.9 Å². The summed E-state index contributed by atoms with van der Waals surface area (Å²) >= 11 is 0. The highest BCUT2D eigenvalue weighted by atomic mass is 14.7. The Hall–Kier alpha value is -2.65. The van der Waals surface area contributed by atoms with Gasteiger partial charge in [-0.2, -0.15) is 10.5 Å². The number of benzene rings is 1. The molecule has 2 rings (SSSR count). The first-order chi connectivity index (χ1) is 7.83. The van der Waals surface area contributed by atoms with Gasteiger partial charge >= 0.3 is 0 Å². The second-order valence-corrected chi connectivity index (χ2v) is 3.23. The van der Waals surface area contributed by atoms with Crippen molar-refractivity contribution >= 4 is 0 Å². The molecule has 0 spiro atoms. The summed E-state index contributed by atoms with van der Waals surface area (Å²) < 4.78 is 0. The highest BCUT2D eigenvalue weighted by Gasteiger charge is 2.00. The highest BCUT2D eigenvalue weighted by Crippen LogP contribution is 2.20. The van der Waals surface area contributed by atoms with Crippen LogP contribution < -0.4 is 0 Å². The summed E-state index contributed by atoms with van der Waals surface area (Å²) in [5.41, 5.74) is 2.79. The summed E-state index contributed by atoms with van der Waals surface area (Å²) in [5, 5.41) is 17.5. The van der Waals surface area contributed by atoms with Crippen LogP contribution in [0.25, 0.3) is 11.1 Å². The van der Waals surface area contributed by atoms with Crippen LogP contribution in [0.15, 0.2) is 42.6 Å². The van der Waals surface area contributed by atoms with Crippen LogP contribution in [0.5, 0.6) is 0 Å². The monoisotopic (exact) mass is 205 g/mol. The smallest absolute Gasteiger partial charge is 0.141 e. The molecule has 1 heterocycles. The van der Waals surface area contributed by atoms with E-state index >= 15 is 0 Å². The van der Waals surface area contributed by atoms with Gasteiger partial charge in [-0.05, 0) is 35.4 Å². The van der Waals surface area contributed by atoms with Crippen LogP contribution in [0, 0.1) is 22.7 Å². The number of pyridine rings is 1. The van der Waals surface area contributed by atoms with Gasteiger partial charge in [-0.25, -0.2) is 4.98 Å². The highest BCUT2D eigenvalue weighted by molar-refractivity contribution is 5.65. The fraction of sp³-hybridized carbons (Fsp3) is 0. The SMILES string of the molecule is N#Cc1cccc(-c2ccnc(C#N)c2)c1. The van der Waals surface area contributed by atoms with E-state index in [9.17, 15) is 0 Å². The summed E-state index contributed by atoms with van der Waals surface area (Å²) in [7, 11) is 0. The molecule has 16 heavy (non-hydrogen) atoms. The van der Waals surface area contributed by atoms with Gasteiger partial charge in [-0.1, -0.05) is 12.1 Å². The molecule has 0 bridgehead atoms. The molecule has 0 fully saturated rings. The molecule has 1 aromatic carbocycles. The molecule has 0 radical (unpaired) electrons. The first-order valence-corrected chi connectivity index (χ1v) is 4.70. The Bertz CT molecular complexity index is 548. The zero-order valence-electron chi connectivity index (χ0n) is 8.38. The summed E-state index contributed by atoms with van der Waals surface area (Å²) in [6, 6.07) is 14.9. The fourth-order valence-electron chi connectivity index (χ4n) is 1.44. The van der Waals surface area contributed by atoms with E-state index in [1.54, 1.807) is 24.4 Å². The molecule has 0 atom stereocenters. The zero-order chi connectivity index (χ0) is 11.4. The quantitative estimate of drug-likeness (QED) is 0.718. The lowest BCUT2D eigenvalue weighted by Gasteiger charge is -2.01. The number of nitrogens with zero attached hydrogens (tertiary/aromatic N) is 3. The maximum Gasteiger partial charge on any atom is 0.141 e. The normalized spacial score (nSPS) is 9.12. The van der Waals surface area contributed by atoms with Gasteiger partial charge in [-0.3, -0.25) is 0 Å². The minimum Gasteiger partial charge on any atom is -0.246 e. The van der Waals surface area contributed by atoms with Gasteiger partial charge in [0.15, 0.2) is 0 Å². The van der Waals surface area contributed by atoms with Gasteiger partial charge in [0, 0.05) is 6.20 Å². The largest absolute Gasteiger partial charge is 0.246 e. The molecule has 0 unspecified atom stereocenters. The first-order valence-electron chi connectivity index (χ1n) is 4.70. The van der Waals surface area contributed by atoms with Crippen LogP contribution in [0.4, 0.5) is 0 Å². The van der Waals surface area contributed by atoms with Crippen molar-refractivity contribution in [1.82, 2.24) is 4.98 Å². The van der Waals surface area contributed by atoms with Crippen LogP contribution in [0.1, 0.15) is 11.3 Å². The standard InChI is InChI=1S/C13H7N3/c14-8-10-2-1-3-11(6-10)12-4-5-16-13(7-12)9-15/h1-7H. The van der Waals surface area contributed by atoms with Gasteiger partial charge in [0.2, 0.25) is 0 Å². The van der Waals surface area contributed by atoms with E-state index in [0.717, 1.165) is 11.1 Å². The third kappa shape index (κ3) is 1.89. The molecular weight excluding hydrogens is 198 g/mol. The van der Waals surface area contributed by atoms with E-state index in [0.29, 0.717) is 11.3 Å². The Morgan fingerprint density at radius 1 is 0.938 bits per heavy atom. The summed E-state index contributed by atoms with van der Waals surface area (Å²) in [6.07, 6.45) is 1.59. The van der Waals surface area contributed by atoms with Crippen LogP contribution in [-0.4, -0.2) is 4.98 Å². The second-order valence-electron chi connectivity index (χ2n) is 3.23. The summed E-state index contributed by atoms with van der Waals surface area (Å²) in [5.74, 6) is 0. The molecule has 0 saturated heterocycles. The van der Waals surface area contributed by atoms with E-state index in [4.69, 9.17) is 10.5 Å². The average Bonchev–Trinajstić information content (AvgIpc) is 2.39. The van der Waals surface area contributed by atoms with Crippen LogP contribution >= 0.6 is 0 Å². The lowest BCUT2D eigenvalue weighted by Crippen LogP contribution is -1.84. The first kappa shape index (κ1) is 9.89. The molecule has 2 aromatic rings. The number of hydrogen-bond acceptors (Lipinski definition) is 3. The molecule has 74 valence electrons. The number of aromatic nitrogens is 1. The molecule has 0 aliphatic carbocycles. The maximum atomic E-state index is 8.80. The Kier molecular flexibility index (Phi) is 2.63. The molecule has 3 nitrogen and oxygen atoms in total. The molecule has 0 saturated carbocycles. The third-order valence-electron chi connectivity index (χ3n) is 2.20. The lowest BCUT2D eigenvalue weighted by atomic mass is 10.0. The summed E-state index contributed by atoms with van der Waals surface area (Å²) in [6.45, 7) is 0. The van der Waals surface area contributed by atoms with Crippen molar-refractivity contribution in [2.45, 2.75) is 0 Å². The van der Waals surface area contributed by atoms with E-state index < -0.39 is 0 Å². The van der Waals surface area contributed by atoms with E-state index in [-0.39, 0.29) is 0 Å². The predicted octanol–water partition coefficient (Wildman–Crippen LogP) is 2.49. The van der Waals surface area contributed by atoms with Gasteiger partial charge < -0.3 is 0 Å². The molecule has 0 amide bonds. The van der Waals surface area contributed by atoms with Crippen molar-refractivity contribution in [1.29, 1.82) is 10.5 Å². The third-order valence-corrected chi connectivity index (χ3v) is 2.20. The topological polar surface area (TPSA) is 60.5 Å². The minimum absolute atomic E-state index is 0.375. The minimum atomic E-state index is 0.375. The van der Waals surface area contributed by atoms with E-state index in [2.05, 4.69) is 11.1 Å². The number of hydrogen-bond donors (Lipinski definition) is 0. The summed E-state index contributed by atoms with van der Waals surface area (Å²) in [4.78, 5) is 3.90. The Labute approximate surface area is 93.2 Å². The van der Waals surface area contributed by atoms with Gasteiger partial charge in [0.1, 0.15) is 11.8 Å². The molecule has 0 N–H and O–H groups in total. The van der Waals surface area contributed by atoms with Crippen LogP contribution in [0.2, 0.25) is 0 Å². The van der Waals surface area contributed by atoms with Gasteiger partial charge in [-0.15, -0.1) is 0 Å². The fourth-order valence-corrected chi connectivity index (χ4v) is 1.44. The van der Waals surface area contributed by atoms with E-state index in [1.807, 2.05) is 24.3 Å². The molecule has 0 aliphatic rings. The van der Waals surface area contributed by atoms with Gasteiger partial charge in [0.25, 0.3) is 0 Å². The molecule has 3 heteroatoms. The van der Waals surface area contributed by atoms with E-state index in [1.165, 1.54) is 0 Å². The van der Waals surface area contributed by atoms with Crippen molar-refractivity contribution in [3.8, 4) is 23.3 Å². The lowest BCUT2D eigenvalue weighted by molar-refractivity contribution is 1.26. The molecule has 0 aliphatic heterocycles. The second kappa shape index (κ2) is 4.25. The molecule has 1 aromatic heterocycles. The Balaban J connectivity index is 2.51. The number of rotatable bonds is 1. The number of nitriles is 2. The maximum absolute atomic E-state index is 8.80. The van der Waals surface area contributed by atoms with Gasteiger partial charge in [0.05, 0.1) is 11.6 Å². The van der Waals surface area contributed by atoms with Crippen molar-refractivity contribution < 1.29 is 0 Å². The van der Waals surface area contributed by atoms with Crippen LogP contribution in [0.3, 0.4) is 0 Å². The van der Waals surface area contributed by atoms with Crippen molar-refractivity contribution in [3.63, 3.8) is 0 Å². The van der Waals surface area contributed by atoms with Crippen molar-refractivity contribution in [2.24, 2.45) is 0 Å². The Morgan fingerprint density at radius 3 is 2.50 bits per heavy atom. The van der Waals surface area contributed by atoms with Crippen molar-refractivity contribution in [2.75, 3.05) is 0 Å². The van der Waals surface area contributed by atoms with Crippen LogP contribution in [-0.2, 0) is 0 Å². The zero-order valence-corrected chi connectivity index (χ0v) is 8.38.